The third-order valence-corrected chi connectivity index (χ3v) is 5.51. The fraction of sp³-hybridized carbons (Fsp3) is 0.300. The summed E-state index contributed by atoms with van der Waals surface area (Å²) >= 11 is 1.18. The minimum Gasteiger partial charge on any atom is -0.342 e. The lowest BCUT2D eigenvalue weighted by molar-refractivity contribution is -0.129. The van der Waals surface area contributed by atoms with E-state index in [1.165, 1.54) is 17.8 Å². The molecule has 1 saturated heterocycles. The highest BCUT2D eigenvalue weighted by Crippen LogP contribution is 2.24. The van der Waals surface area contributed by atoms with Gasteiger partial charge in [0.2, 0.25) is 5.91 Å². The van der Waals surface area contributed by atoms with Crippen LogP contribution in [-0.2, 0) is 4.79 Å². The van der Waals surface area contributed by atoms with Gasteiger partial charge in [-0.25, -0.2) is 8.78 Å². The summed E-state index contributed by atoms with van der Waals surface area (Å²) in [6.45, 7) is 1.08. The summed E-state index contributed by atoms with van der Waals surface area (Å²) < 4.78 is 26.1. The molecule has 0 aliphatic carbocycles. The highest BCUT2D eigenvalue weighted by Gasteiger charge is 2.27. The minimum absolute atomic E-state index is 0.0506. The molecule has 1 heterocycles. The predicted octanol–water partition coefficient (Wildman–Crippen LogP) is 4.18. The molecule has 0 radical (unpaired) electrons. The van der Waals surface area contributed by atoms with E-state index >= 15 is 0 Å². The first-order valence-electron chi connectivity index (χ1n) is 8.49. The summed E-state index contributed by atoms with van der Waals surface area (Å²) in [6.07, 6.45) is 1.30. The van der Waals surface area contributed by atoms with E-state index < -0.39 is 11.6 Å². The Hall–Kier alpha value is -2.21. The minimum atomic E-state index is -0.914. The highest BCUT2D eigenvalue weighted by molar-refractivity contribution is 8.00. The van der Waals surface area contributed by atoms with Gasteiger partial charge in [-0.2, -0.15) is 0 Å². The first-order valence-corrected chi connectivity index (χ1v) is 9.48. The second-order valence-corrected chi connectivity index (χ2v) is 7.30. The zero-order chi connectivity index (χ0) is 18.5. The highest BCUT2D eigenvalue weighted by atomic mass is 32.2. The number of benzene rings is 2. The molecule has 0 bridgehead atoms. The van der Waals surface area contributed by atoms with Crippen LogP contribution in [0.3, 0.4) is 0 Å². The quantitative estimate of drug-likeness (QED) is 0.581. The van der Waals surface area contributed by atoms with E-state index in [0.717, 1.165) is 12.1 Å². The lowest BCUT2D eigenvalue weighted by Gasteiger charge is -2.31. The standard InChI is InChI=1S/C20H19F2NO2S/c21-17-7-6-16(12-18(17)22)26-13-19(24)23-10-8-15(9-11-23)20(25)14-4-2-1-3-5-14/h1-7,12,15H,8-11,13H2. The molecule has 136 valence electrons. The Morgan fingerprint density at radius 3 is 2.35 bits per heavy atom. The zero-order valence-electron chi connectivity index (χ0n) is 14.2. The smallest absolute Gasteiger partial charge is 0.232 e. The van der Waals surface area contributed by atoms with Crippen molar-refractivity contribution in [3.63, 3.8) is 0 Å². The molecule has 2 aromatic rings. The van der Waals surface area contributed by atoms with Crippen molar-refractivity contribution < 1.29 is 18.4 Å². The average molecular weight is 375 g/mol. The van der Waals surface area contributed by atoms with Crippen molar-refractivity contribution in [1.29, 1.82) is 0 Å². The largest absolute Gasteiger partial charge is 0.342 e. The van der Waals surface area contributed by atoms with Crippen molar-refractivity contribution in [2.75, 3.05) is 18.8 Å². The van der Waals surface area contributed by atoms with E-state index in [9.17, 15) is 18.4 Å². The van der Waals surface area contributed by atoms with Crippen LogP contribution in [0.5, 0.6) is 0 Å². The van der Waals surface area contributed by atoms with Gasteiger partial charge in [-0.1, -0.05) is 30.3 Å². The number of likely N-dealkylation sites (tertiary alicyclic amines) is 1. The van der Waals surface area contributed by atoms with Gasteiger partial charge < -0.3 is 4.90 Å². The van der Waals surface area contributed by atoms with E-state index in [0.29, 0.717) is 36.4 Å². The van der Waals surface area contributed by atoms with Crippen LogP contribution in [0, 0.1) is 17.6 Å². The second kappa shape index (κ2) is 8.45. The summed E-state index contributed by atoms with van der Waals surface area (Å²) in [5.41, 5.74) is 0.714. The van der Waals surface area contributed by atoms with Crippen LogP contribution >= 0.6 is 11.8 Å². The second-order valence-electron chi connectivity index (χ2n) is 6.25. The van der Waals surface area contributed by atoms with Gasteiger partial charge in [-0.05, 0) is 31.0 Å². The van der Waals surface area contributed by atoms with E-state index in [2.05, 4.69) is 0 Å². The molecule has 2 aromatic carbocycles. The van der Waals surface area contributed by atoms with E-state index in [1.54, 1.807) is 4.90 Å². The number of ketones is 1. The maximum Gasteiger partial charge on any atom is 0.232 e. The van der Waals surface area contributed by atoms with Crippen molar-refractivity contribution in [2.45, 2.75) is 17.7 Å². The van der Waals surface area contributed by atoms with Crippen LogP contribution in [0.1, 0.15) is 23.2 Å². The Morgan fingerprint density at radius 1 is 1.00 bits per heavy atom. The van der Waals surface area contributed by atoms with Crippen molar-refractivity contribution in [1.82, 2.24) is 4.90 Å². The number of hydrogen-bond donors (Lipinski definition) is 0. The molecule has 3 rings (SSSR count). The topological polar surface area (TPSA) is 37.4 Å². The molecule has 0 N–H and O–H groups in total. The van der Waals surface area contributed by atoms with Gasteiger partial charge in [0.1, 0.15) is 0 Å². The Morgan fingerprint density at radius 2 is 1.69 bits per heavy atom. The number of nitrogens with zero attached hydrogens (tertiary/aromatic N) is 1. The van der Waals surface area contributed by atoms with Gasteiger partial charge in [0, 0.05) is 29.5 Å². The molecule has 0 aromatic heterocycles. The normalized spacial score (nSPS) is 15.1. The van der Waals surface area contributed by atoms with Gasteiger partial charge in [0.05, 0.1) is 5.75 Å². The Labute approximate surface area is 155 Å². The number of Topliss-reactive ketones (excluding diaryl/α,β-unsaturated/α-hetero) is 1. The SMILES string of the molecule is O=C(c1ccccc1)C1CCN(C(=O)CSc2ccc(F)c(F)c2)CC1. The summed E-state index contributed by atoms with van der Waals surface area (Å²) in [5.74, 6) is -1.62. The zero-order valence-corrected chi connectivity index (χ0v) is 15.0. The van der Waals surface area contributed by atoms with Crippen LogP contribution in [0.25, 0.3) is 0 Å². The maximum absolute atomic E-state index is 13.2. The molecule has 0 atom stereocenters. The van der Waals surface area contributed by atoms with Gasteiger partial charge in [0.25, 0.3) is 0 Å². The molecule has 1 amide bonds. The number of amides is 1. The molecule has 3 nitrogen and oxygen atoms in total. The summed E-state index contributed by atoms with van der Waals surface area (Å²) in [6, 6.07) is 12.8. The molecule has 6 heteroatoms. The Kier molecular flexibility index (Phi) is 6.04. The number of hydrogen-bond acceptors (Lipinski definition) is 3. The number of carbonyl (C=O) groups excluding carboxylic acids is 2. The van der Waals surface area contributed by atoms with Gasteiger partial charge in [-0.15, -0.1) is 11.8 Å². The fourth-order valence-electron chi connectivity index (χ4n) is 3.03. The van der Waals surface area contributed by atoms with Crippen molar-refractivity contribution in [2.24, 2.45) is 5.92 Å². The fourth-order valence-corrected chi connectivity index (χ4v) is 3.86. The lowest BCUT2D eigenvalue weighted by atomic mass is 9.89. The van der Waals surface area contributed by atoms with E-state index in [4.69, 9.17) is 0 Å². The number of rotatable bonds is 5. The summed E-state index contributed by atoms with van der Waals surface area (Å²) in [5, 5.41) is 0. The van der Waals surface area contributed by atoms with E-state index in [-0.39, 0.29) is 23.4 Å². The number of carbonyl (C=O) groups is 2. The van der Waals surface area contributed by atoms with Crippen molar-refractivity contribution in [3.05, 3.63) is 65.7 Å². The molecule has 1 fully saturated rings. The number of halogens is 2. The van der Waals surface area contributed by atoms with Crippen molar-refractivity contribution in [3.8, 4) is 0 Å². The number of piperidine rings is 1. The average Bonchev–Trinajstić information content (AvgIpc) is 2.69. The molecular weight excluding hydrogens is 356 g/mol. The Bertz CT molecular complexity index is 790. The van der Waals surface area contributed by atoms with Gasteiger partial charge >= 0.3 is 0 Å². The lowest BCUT2D eigenvalue weighted by Crippen LogP contribution is -2.41. The monoisotopic (exact) mass is 375 g/mol. The molecule has 0 spiro atoms. The summed E-state index contributed by atoms with van der Waals surface area (Å²) in [4.78, 5) is 27.1. The maximum atomic E-state index is 13.2. The van der Waals surface area contributed by atoms with Crippen LogP contribution in [-0.4, -0.2) is 35.4 Å². The van der Waals surface area contributed by atoms with Crippen LogP contribution in [0.4, 0.5) is 8.78 Å². The Balaban J connectivity index is 1.49. The predicted molar refractivity (Wildman–Crippen MR) is 97.2 cm³/mol. The molecule has 0 saturated carbocycles. The van der Waals surface area contributed by atoms with Crippen LogP contribution in [0.15, 0.2) is 53.4 Å². The van der Waals surface area contributed by atoms with Crippen molar-refractivity contribution >= 4 is 23.5 Å². The molecule has 0 unspecified atom stereocenters. The third kappa shape index (κ3) is 4.49. The summed E-state index contributed by atoms with van der Waals surface area (Å²) in [7, 11) is 0. The first kappa shape index (κ1) is 18.6. The van der Waals surface area contributed by atoms with E-state index in [1.807, 2.05) is 30.3 Å². The van der Waals surface area contributed by atoms with Crippen LogP contribution in [0.2, 0.25) is 0 Å². The molecule has 1 aliphatic heterocycles. The third-order valence-electron chi connectivity index (χ3n) is 4.53. The van der Waals surface area contributed by atoms with Crippen LogP contribution < -0.4 is 0 Å². The first-order chi connectivity index (χ1) is 12.5. The number of thioether (sulfide) groups is 1. The molecule has 1 aliphatic rings. The molecular formula is C20H19F2NO2S. The molecule has 26 heavy (non-hydrogen) atoms. The van der Waals surface area contributed by atoms with Gasteiger partial charge in [0.15, 0.2) is 17.4 Å². The van der Waals surface area contributed by atoms with Gasteiger partial charge in [-0.3, -0.25) is 9.59 Å².